The van der Waals surface area contributed by atoms with E-state index >= 15 is 0 Å². The van der Waals surface area contributed by atoms with Crippen molar-refractivity contribution in [2.24, 2.45) is 0 Å². The van der Waals surface area contributed by atoms with E-state index in [0.29, 0.717) is 5.75 Å². The Balaban J connectivity index is 6.11. The quantitative estimate of drug-likeness (QED) is 0.259. The second-order valence-electron chi connectivity index (χ2n) is 6.64. The first-order valence-electron chi connectivity index (χ1n) is 8.51. The lowest BCUT2D eigenvalue weighted by molar-refractivity contribution is 0.129. The number of rotatable bonds is 13. The first-order chi connectivity index (χ1) is 11.4. The van der Waals surface area contributed by atoms with E-state index < -0.39 is 19.9 Å². The van der Waals surface area contributed by atoms with Crippen molar-refractivity contribution in [3.8, 4) is 0 Å². The van der Waals surface area contributed by atoms with Crippen LogP contribution in [0.2, 0.25) is 0 Å². The van der Waals surface area contributed by atoms with Crippen LogP contribution in [0, 0.1) is 0 Å². The third-order valence-electron chi connectivity index (χ3n) is 2.34. The first kappa shape index (κ1) is 25.4. The SMILES string of the molecule is C=CCSC(P(=O)(OC(C)C)OC(C)C)P(=O)(OC(C)C)OC(C)C. The van der Waals surface area contributed by atoms with Gasteiger partial charge in [0.05, 0.1) is 24.4 Å². The lowest BCUT2D eigenvalue weighted by Gasteiger charge is -2.34. The minimum atomic E-state index is -3.80. The maximum atomic E-state index is 13.6. The van der Waals surface area contributed by atoms with Crippen LogP contribution in [0.1, 0.15) is 55.4 Å². The van der Waals surface area contributed by atoms with Crippen LogP contribution in [0.3, 0.4) is 0 Å². The number of hydrogen-bond acceptors (Lipinski definition) is 7. The summed E-state index contributed by atoms with van der Waals surface area (Å²) in [4.78, 5) is 0. The molecule has 0 N–H and O–H groups in total. The molecule has 0 aliphatic carbocycles. The lowest BCUT2D eigenvalue weighted by Crippen LogP contribution is -2.21. The lowest BCUT2D eigenvalue weighted by atomic mass is 10.5. The molecule has 25 heavy (non-hydrogen) atoms. The zero-order valence-corrected chi connectivity index (χ0v) is 19.2. The van der Waals surface area contributed by atoms with Crippen LogP contribution < -0.4 is 0 Å². The van der Waals surface area contributed by atoms with Gasteiger partial charge in [-0.15, -0.1) is 18.3 Å². The minimum absolute atomic E-state index is 0.372. The van der Waals surface area contributed by atoms with Crippen LogP contribution in [0.4, 0.5) is 0 Å². The second-order valence-corrected chi connectivity index (χ2v) is 12.9. The maximum absolute atomic E-state index is 13.6. The Hall–Kier alpha value is 0.390. The molecule has 150 valence electrons. The highest BCUT2D eigenvalue weighted by Crippen LogP contribution is 2.75. The van der Waals surface area contributed by atoms with Gasteiger partial charge in [-0.25, -0.2) is 0 Å². The molecule has 9 heteroatoms. The van der Waals surface area contributed by atoms with Crippen LogP contribution in [0.25, 0.3) is 0 Å². The van der Waals surface area contributed by atoms with Gasteiger partial charge in [-0.2, -0.15) is 0 Å². The zero-order chi connectivity index (χ0) is 19.8. The third-order valence-corrected chi connectivity index (χ3v) is 11.1. The summed E-state index contributed by atoms with van der Waals surface area (Å²) >= 11 is 1.16. The molecular formula is C16H34O6P2S. The van der Waals surface area contributed by atoms with Gasteiger partial charge in [-0.1, -0.05) is 6.08 Å². The van der Waals surface area contributed by atoms with E-state index in [1.807, 2.05) is 0 Å². The van der Waals surface area contributed by atoms with Crippen molar-refractivity contribution in [1.29, 1.82) is 0 Å². The predicted octanol–water partition coefficient (Wildman–Crippen LogP) is 6.28. The van der Waals surface area contributed by atoms with Gasteiger partial charge in [-0.05, 0) is 55.4 Å². The highest BCUT2D eigenvalue weighted by atomic mass is 32.2. The van der Waals surface area contributed by atoms with E-state index in [0.717, 1.165) is 11.8 Å². The first-order valence-corrected chi connectivity index (χ1v) is 12.8. The van der Waals surface area contributed by atoms with Crippen molar-refractivity contribution < 1.29 is 27.2 Å². The van der Waals surface area contributed by atoms with Gasteiger partial charge in [0.1, 0.15) is 0 Å². The summed E-state index contributed by atoms with van der Waals surface area (Å²) in [6, 6.07) is 0. The Bertz CT molecular complexity index is 427. The van der Waals surface area contributed by atoms with Crippen molar-refractivity contribution in [3.05, 3.63) is 12.7 Å². The van der Waals surface area contributed by atoms with Crippen molar-refractivity contribution >= 4 is 27.0 Å². The number of thioether (sulfide) groups is 1. The molecule has 0 unspecified atom stereocenters. The molecule has 0 saturated carbocycles. The van der Waals surface area contributed by atoms with Crippen molar-refractivity contribution in [1.82, 2.24) is 0 Å². The minimum Gasteiger partial charge on any atom is -0.305 e. The molecule has 0 fully saturated rings. The average molecular weight is 416 g/mol. The Morgan fingerprint density at radius 3 is 1.24 bits per heavy atom. The molecule has 0 amide bonds. The molecule has 6 nitrogen and oxygen atoms in total. The Morgan fingerprint density at radius 1 is 0.760 bits per heavy atom. The Morgan fingerprint density at radius 2 is 1.04 bits per heavy atom. The standard InChI is InChI=1S/C16H34O6P2S/c1-10-11-25-16(23(17,19-12(2)3)20-13(4)5)24(18,21-14(6)7)22-15(8)9/h10,12-16H,1,11H2,2-9H3. The average Bonchev–Trinajstić information content (AvgIpc) is 2.33. The third kappa shape index (κ3) is 9.23. The summed E-state index contributed by atoms with van der Waals surface area (Å²) < 4.78 is 48.8. The normalized spacial score (nSPS) is 13.6. The van der Waals surface area contributed by atoms with Crippen LogP contribution in [0.5, 0.6) is 0 Å². The Kier molecular flexibility index (Phi) is 11.5. The van der Waals surface area contributed by atoms with E-state index in [1.165, 1.54) is 0 Å². The molecule has 0 rings (SSSR count). The van der Waals surface area contributed by atoms with Gasteiger partial charge in [0.15, 0.2) is 0 Å². The number of hydrogen-bond donors (Lipinski definition) is 0. The van der Waals surface area contributed by atoms with Gasteiger partial charge >= 0.3 is 15.2 Å². The van der Waals surface area contributed by atoms with Crippen molar-refractivity contribution in [2.75, 3.05) is 5.75 Å². The summed E-state index contributed by atoms with van der Waals surface area (Å²) in [6.07, 6.45) is 0.152. The fourth-order valence-corrected chi connectivity index (χ4v) is 9.73. The predicted molar refractivity (Wildman–Crippen MR) is 107 cm³/mol. The van der Waals surface area contributed by atoms with E-state index in [9.17, 15) is 9.13 Å². The summed E-state index contributed by atoms with van der Waals surface area (Å²) in [5.74, 6) is 0.407. The van der Waals surface area contributed by atoms with E-state index in [2.05, 4.69) is 6.58 Å². The topological polar surface area (TPSA) is 71.1 Å². The highest BCUT2D eigenvalue weighted by Gasteiger charge is 2.53. The van der Waals surface area contributed by atoms with Gasteiger partial charge in [-0.3, -0.25) is 9.13 Å². The van der Waals surface area contributed by atoms with Crippen LogP contribution in [-0.2, 0) is 27.2 Å². The van der Waals surface area contributed by atoms with Crippen LogP contribution in [0.15, 0.2) is 12.7 Å². The second kappa shape index (κ2) is 11.3. The van der Waals surface area contributed by atoms with E-state index in [1.54, 1.807) is 61.5 Å². The molecule has 0 aromatic rings. The molecule has 0 aliphatic heterocycles. The molecule has 0 atom stereocenters. The van der Waals surface area contributed by atoms with E-state index in [4.69, 9.17) is 18.1 Å². The summed E-state index contributed by atoms with van der Waals surface area (Å²) in [5, 5.41) is 0. The summed E-state index contributed by atoms with van der Waals surface area (Å²) in [7, 11) is -7.61. The fraction of sp³-hybridized carbons (Fsp3) is 0.875. The Labute approximate surface area is 157 Å². The molecule has 0 radical (unpaired) electrons. The molecule has 0 aliphatic rings. The van der Waals surface area contributed by atoms with Gasteiger partial charge in [0.2, 0.25) is 4.73 Å². The highest BCUT2D eigenvalue weighted by molar-refractivity contribution is 8.12. The molecule has 0 heterocycles. The fourth-order valence-electron chi connectivity index (χ4n) is 1.94. The molecule has 0 saturated heterocycles. The zero-order valence-electron chi connectivity index (χ0n) is 16.6. The van der Waals surface area contributed by atoms with Gasteiger partial charge in [0.25, 0.3) is 0 Å². The van der Waals surface area contributed by atoms with Gasteiger partial charge in [0, 0.05) is 5.75 Å². The largest absolute Gasteiger partial charge is 0.356 e. The summed E-state index contributed by atoms with van der Waals surface area (Å²) in [5.41, 5.74) is 0. The van der Waals surface area contributed by atoms with Crippen LogP contribution >= 0.6 is 27.0 Å². The van der Waals surface area contributed by atoms with Gasteiger partial charge < -0.3 is 18.1 Å². The van der Waals surface area contributed by atoms with Crippen molar-refractivity contribution in [3.63, 3.8) is 0 Å². The van der Waals surface area contributed by atoms with Crippen LogP contribution in [-0.4, -0.2) is 34.9 Å². The smallest absolute Gasteiger partial charge is 0.305 e. The summed E-state index contributed by atoms with van der Waals surface area (Å²) in [6.45, 7) is 17.7. The molecular weight excluding hydrogens is 382 g/mol. The molecule has 0 spiro atoms. The molecule has 0 bridgehead atoms. The molecule has 0 aromatic carbocycles. The van der Waals surface area contributed by atoms with Crippen molar-refractivity contribution in [2.45, 2.75) is 84.5 Å². The maximum Gasteiger partial charge on any atom is 0.356 e. The molecule has 0 aromatic heterocycles. The van der Waals surface area contributed by atoms with E-state index in [-0.39, 0.29) is 24.4 Å². The monoisotopic (exact) mass is 416 g/mol.